The average molecular weight is 317 g/mol. The largest absolute Gasteiger partial charge is 0.346 e. The van der Waals surface area contributed by atoms with Gasteiger partial charge in [0.1, 0.15) is 5.69 Å². The van der Waals surface area contributed by atoms with Crippen molar-refractivity contribution in [2.75, 3.05) is 0 Å². The molecule has 0 radical (unpaired) electrons. The summed E-state index contributed by atoms with van der Waals surface area (Å²) in [5, 5.41) is 11.7. The summed E-state index contributed by atoms with van der Waals surface area (Å²) in [6.45, 7) is 13.1. The first-order chi connectivity index (χ1) is 10.7. The maximum atomic E-state index is 12.5. The highest BCUT2D eigenvalue weighted by atomic mass is 16.2. The van der Waals surface area contributed by atoms with E-state index in [4.69, 9.17) is 0 Å². The van der Waals surface area contributed by atoms with Gasteiger partial charge in [0.25, 0.3) is 5.91 Å². The van der Waals surface area contributed by atoms with Gasteiger partial charge in [-0.3, -0.25) is 14.2 Å². The van der Waals surface area contributed by atoms with Crippen molar-refractivity contribution in [3.05, 3.63) is 35.9 Å². The van der Waals surface area contributed by atoms with Gasteiger partial charge in [0, 0.05) is 24.1 Å². The van der Waals surface area contributed by atoms with E-state index in [1.54, 1.807) is 10.9 Å². The molecule has 1 N–H and O–H groups in total. The van der Waals surface area contributed by atoms with Crippen LogP contribution in [0.15, 0.2) is 24.5 Å². The fraction of sp³-hybridized carbons (Fsp3) is 0.588. The van der Waals surface area contributed by atoms with Crippen LogP contribution in [-0.4, -0.2) is 31.5 Å². The second-order valence-electron chi connectivity index (χ2n) is 7.29. The Morgan fingerprint density at radius 1 is 1.30 bits per heavy atom. The smallest absolute Gasteiger partial charge is 0.272 e. The fourth-order valence-electron chi connectivity index (χ4n) is 2.49. The van der Waals surface area contributed by atoms with Crippen LogP contribution in [0.3, 0.4) is 0 Å². The molecule has 2 heterocycles. The van der Waals surface area contributed by atoms with E-state index in [0.717, 1.165) is 5.69 Å². The van der Waals surface area contributed by atoms with E-state index in [1.165, 1.54) is 0 Å². The second kappa shape index (κ2) is 6.56. The van der Waals surface area contributed by atoms with Gasteiger partial charge < -0.3 is 5.32 Å². The van der Waals surface area contributed by atoms with Gasteiger partial charge in [-0.05, 0) is 45.7 Å². The molecular weight excluding hydrogens is 290 g/mol. The van der Waals surface area contributed by atoms with Crippen LogP contribution in [0.4, 0.5) is 0 Å². The van der Waals surface area contributed by atoms with Crippen molar-refractivity contribution in [3.8, 4) is 0 Å². The van der Waals surface area contributed by atoms with Crippen molar-refractivity contribution >= 4 is 5.91 Å². The summed E-state index contributed by atoms with van der Waals surface area (Å²) in [6, 6.07) is 3.74. The predicted octanol–water partition coefficient (Wildman–Crippen LogP) is 2.78. The first-order valence-electron chi connectivity index (χ1n) is 8.07. The van der Waals surface area contributed by atoms with Crippen LogP contribution in [0, 0.1) is 0 Å². The van der Waals surface area contributed by atoms with Gasteiger partial charge in [0.05, 0.1) is 12.1 Å². The molecule has 0 aromatic carbocycles. The number of nitrogens with zero attached hydrogens (tertiary/aromatic N) is 4. The van der Waals surface area contributed by atoms with Crippen LogP contribution >= 0.6 is 0 Å². The molecule has 23 heavy (non-hydrogen) atoms. The molecule has 2 aromatic heterocycles. The lowest BCUT2D eigenvalue weighted by molar-refractivity contribution is 0.0929. The van der Waals surface area contributed by atoms with Gasteiger partial charge in [-0.1, -0.05) is 13.8 Å². The van der Waals surface area contributed by atoms with Gasteiger partial charge >= 0.3 is 0 Å². The lowest BCUT2D eigenvalue weighted by Crippen LogP contribution is -2.36. The molecule has 1 atom stereocenters. The minimum absolute atomic E-state index is 0.0234. The number of nitrogens with one attached hydrogen (secondary N) is 1. The second-order valence-corrected chi connectivity index (χ2v) is 7.29. The Kier molecular flexibility index (Phi) is 4.92. The number of hydrogen-bond donors (Lipinski definition) is 1. The molecule has 1 amide bonds. The Hall–Kier alpha value is -2.11. The third-order valence-corrected chi connectivity index (χ3v) is 3.59. The first kappa shape index (κ1) is 17.2. The molecule has 126 valence electrons. The highest BCUT2D eigenvalue weighted by Crippen LogP contribution is 2.23. The molecule has 6 nitrogen and oxygen atoms in total. The van der Waals surface area contributed by atoms with E-state index in [1.807, 2.05) is 29.9 Å². The number of carbonyl (C=O) groups is 1. The molecule has 6 heteroatoms. The van der Waals surface area contributed by atoms with Gasteiger partial charge in [-0.15, -0.1) is 0 Å². The van der Waals surface area contributed by atoms with Crippen molar-refractivity contribution in [3.63, 3.8) is 0 Å². The van der Waals surface area contributed by atoms with Gasteiger partial charge in [0.15, 0.2) is 0 Å². The molecule has 2 rings (SSSR count). The number of amides is 1. The SMILES string of the molecule is CC(Cn1cccn1)NC(=O)c1cc(C(C)C)n(C(C)(C)C)n1. The average Bonchev–Trinajstić information content (AvgIpc) is 3.05. The minimum atomic E-state index is -0.154. The monoisotopic (exact) mass is 317 g/mol. The Morgan fingerprint density at radius 2 is 2.00 bits per heavy atom. The number of carbonyl (C=O) groups excluding carboxylic acids is 1. The molecule has 0 fully saturated rings. The fourth-order valence-corrected chi connectivity index (χ4v) is 2.49. The molecule has 0 aliphatic rings. The summed E-state index contributed by atoms with van der Waals surface area (Å²) in [4.78, 5) is 12.5. The van der Waals surface area contributed by atoms with Crippen molar-refractivity contribution in [1.82, 2.24) is 24.9 Å². The molecular formula is C17H27N5O. The van der Waals surface area contributed by atoms with Crippen molar-refractivity contribution < 1.29 is 4.79 Å². The van der Waals surface area contributed by atoms with Gasteiger partial charge in [-0.2, -0.15) is 10.2 Å². The van der Waals surface area contributed by atoms with Crippen LogP contribution < -0.4 is 5.32 Å². The van der Waals surface area contributed by atoms with E-state index < -0.39 is 0 Å². The quantitative estimate of drug-likeness (QED) is 0.922. The standard InChI is InChI=1S/C17H27N5O/c1-12(2)15-10-14(20-22(15)17(4,5)6)16(23)19-13(3)11-21-9-7-8-18-21/h7-10,12-13H,11H2,1-6H3,(H,19,23). The Morgan fingerprint density at radius 3 is 2.48 bits per heavy atom. The number of rotatable bonds is 5. The third kappa shape index (κ3) is 4.21. The lowest BCUT2D eigenvalue weighted by Gasteiger charge is -2.23. The third-order valence-electron chi connectivity index (χ3n) is 3.59. The topological polar surface area (TPSA) is 64.7 Å². The van der Waals surface area contributed by atoms with E-state index in [9.17, 15) is 4.79 Å². The van der Waals surface area contributed by atoms with Crippen molar-refractivity contribution in [2.24, 2.45) is 0 Å². The van der Waals surface area contributed by atoms with Crippen molar-refractivity contribution in [1.29, 1.82) is 0 Å². The normalized spacial score (nSPS) is 13.3. The molecule has 0 aliphatic carbocycles. The maximum Gasteiger partial charge on any atom is 0.272 e. The van der Waals surface area contributed by atoms with Crippen LogP contribution in [0.5, 0.6) is 0 Å². The van der Waals surface area contributed by atoms with Crippen LogP contribution in [0.1, 0.15) is 63.6 Å². The number of aromatic nitrogens is 4. The zero-order valence-electron chi connectivity index (χ0n) is 14.9. The highest BCUT2D eigenvalue weighted by molar-refractivity contribution is 5.92. The van der Waals surface area contributed by atoms with Gasteiger partial charge in [-0.25, -0.2) is 0 Å². The molecule has 0 bridgehead atoms. The zero-order chi connectivity index (χ0) is 17.2. The van der Waals surface area contributed by atoms with Gasteiger partial charge in [0.2, 0.25) is 0 Å². The molecule has 2 aromatic rings. The first-order valence-corrected chi connectivity index (χ1v) is 8.07. The summed E-state index contributed by atoms with van der Waals surface area (Å²) < 4.78 is 3.75. The predicted molar refractivity (Wildman–Crippen MR) is 90.5 cm³/mol. The molecule has 0 spiro atoms. The lowest BCUT2D eigenvalue weighted by atomic mass is 10.1. The summed E-state index contributed by atoms with van der Waals surface area (Å²) in [5.41, 5.74) is 1.39. The van der Waals surface area contributed by atoms with E-state index in [-0.39, 0.29) is 17.5 Å². The van der Waals surface area contributed by atoms with E-state index in [2.05, 4.69) is 50.1 Å². The Labute approximate surface area is 137 Å². The van der Waals surface area contributed by atoms with E-state index in [0.29, 0.717) is 18.2 Å². The maximum absolute atomic E-state index is 12.5. The number of hydrogen-bond acceptors (Lipinski definition) is 3. The molecule has 1 unspecified atom stereocenters. The summed E-state index contributed by atoms with van der Waals surface area (Å²) in [5.74, 6) is 0.166. The highest BCUT2D eigenvalue weighted by Gasteiger charge is 2.24. The Balaban J connectivity index is 2.13. The zero-order valence-corrected chi connectivity index (χ0v) is 14.9. The molecule has 0 saturated heterocycles. The summed E-state index contributed by atoms with van der Waals surface area (Å²) >= 11 is 0. The van der Waals surface area contributed by atoms with Crippen LogP contribution in [0.2, 0.25) is 0 Å². The molecule has 0 aliphatic heterocycles. The van der Waals surface area contributed by atoms with Crippen LogP contribution in [-0.2, 0) is 12.1 Å². The summed E-state index contributed by atoms with van der Waals surface area (Å²) in [6.07, 6.45) is 3.61. The molecule has 0 saturated carbocycles. The minimum Gasteiger partial charge on any atom is -0.346 e. The Bertz CT molecular complexity index is 649. The van der Waals surface area contributed by atoms with Crippen LogP contribution in [0.25, 0.3) is 0 Å². The van der Waals surface area contributed by atoms with Crippen molar-refractivity contribution in [2.45, 2.75) is 65.6 Å². The van der Waals surface area contributed by atoms with E-state index >= 15 is 0 Å². The summed E-state index contributed by atoms with van der Waals surface area (Å²) in [7, 11) is 0.